The molecule has 0 bridgehead atoms. The zero-order chi connectivity index (χ0) is 14.1. The number of hydroxylamine groups is 1. The van der Waals surface area contributed by atoms with E-state index in [1.807, 2.05) is 44.2 Å². The van der Waals surface area contributed by atoms with Crippen LogP contribution < -0.4 is 5.48 Å². The van der Waals surface area contributed by atoms with Gasteiger partial charge in [-0.2, -0.15) is 5.48 Å². The van der Waals surface area contributed by atoms with Gasteiger partial charge in [0.05, 0.1) is 6.61 Å². The number of hydrogen-bond acceptors (Lipinski definition) is 5. The topological polar surface area (TPSA) is 64.6 Å². The van der Waals surface area contributed by atoms with Crippen LogP contribution in [0.1, 0.15) is 25.8 Å². The van der Waals surface area contributed by atoms with Crippen LogP contribution in [0.25, 0.3) is 0 Å². The molecule has 0 saturated carbocycles. The van der Waals surface area contributed by atoms with Gasteiger partial charge in [-0.3, -0.25) is 9.63 Å². The van der Waals surface area contributed by atoms with Crippen molar-refractivity contribution >= 4 is 12.4 Å². The zero-order valence-corrected chi connectivity index (χ0v) is 11.2. The summed E-state index contributed by atoms with van der Waals surface area (Å²) in [5.74, 6) is -0.353. The molecule has 5 heteroatoms. The fourth-order valence-corrected chi connectivity index (χ4v) is 1.59. The first-order valence-corrected chi connectivity index (χ1v) is 6.19. The summed E-state index contributed by atoms with van der Waals surface area (Å²) in [6.07, 6.45) is 0.529. The molecular weight excluding hydrogens is 246 g/mol. The van der Waals surface area contributed by atoms with Gasteiger partial charge in [0, 0.05) is 0 Å². The second-order valence-electron chi connectivity index (χ2n) is 4.61. The molecule has 0 unspecified atom stereocenters. The molecule has 0 saturated heterocycles. The Morgan fingerprint density at radius 1 is 1.32 bits per heavy atom. The largest absolute Gasteiger partial charge is 0.394 e. The third-order valence-electron chi connectivity index (χ3n) is 2.46. The molecule has 19 heavy (non-hydrogen) atoms. The predicted molar refractivity (Wildman–Crippen MR) is 69.8 cm³/mol. The van der Waals surface area contributed by atoms with Crippen molar-refractivity contribution in [3.8, 4) is 0 Å². The van der Waals surface area contributed by atoms with Crippen LogP contribution >= 0.6 is 0 Å². The lowest BCUT2D eigenvalue weighted by Crippen LogP contribution is -2.38. The predicted octanol–water partition coefficient (Wildman–Crippen LogP) is 1.82. The van der Waals surface area contributed by atoms with Gasteiger partial charge >= 0.3 is 12.4 Å². The van der Waals surface area contributed by atoms with Crippen molar-refractivity contribution in [1.29, 1.82) is 0 Å². The molecule has 1 atom stereocenters. The summed E-state index contributed by atoms with van der Waals surface area (Å²) in [6.45, 7) is 4.42. The molecule has 0 aliphatic heterocycles. The minimum Gasteiger partial charge on any atom is -0.394 e. The van der Waals surface area contributed by atoms with Crippen LogP contribution in [0.2, 0.25) is 0 Å². The van der Waals surface area contributed by atoms with E-state index in [2.05, 4.69) is 10.2 Å². The fraction of sp³-hybridized carbons (Fsp3) is 0.429. The summed E-state index contributed by atoms with van der Waals surface area (Å²) in [6, 6.07) is 8.93. The Labute approximate surface area is 112 Å². The Bertz CT molecular complexity index is 392. The minimum absolute atomic E-state index is 0.133. The highest BCUT2D eigenvalue weighted by Crippen LogP contribution is 2.07. The van der Waals surface area contributed by atoms with E-state index in [0.717, 1.165) is 5.56 Å². The molecule has 1 aromatic carbocycles. The third-order valence-corrected chi connectivity index (χ3v) is 2.46. The number of benzene rings is 1. The Balaban J connectivity index is 2.44. The highest BCUT2D eigenvalue weighted by Gasteiger charge is 2.21. The van der Waals surface area contributed by atoms with E-state index in [0.29, 0.717) is 13.0 Å². The van der Waals surface area contributed by atoms with Crippen molar-refractivity contribution in [3.63, 3.8) is 0 Å². The second kappa shape index (κ2) is 8.39. The summed E-state index contributed by atoms with van der Waals surface area (Å²) in [7, 11) is 0. The van der Waals surface area contributed by atoms with Crippen molar-refractivity contribution in [2.45, 2.75) is 32.9 Å². The quantitative estimate of drug-likeness (QED) is 0.336. The SMILES string of the molecule is CC(C)C[C@H](NOCc1ccccc1)C(=O)OC=O. The van der Waals surface area contributed by atoms with E-state index in [4.69, 9.17) is 4.84 Å². The Kier molecular flexibility index (Phi) is 6.78. The summed E-state index contributed by atoms with van der Waals surface area (Å²) in [4.78, 5) is 27.0. The summed E-state index contributed by atoms with van der Waals surface area (Å²) in [5, 5.41) is 0. The average molecular weight is 265 g/mol. The van der Waals surface area contributed by atoms with Crippen LogP contribution in [-0.4, -0.2) is 18.5 Å². The van der Waals surface area contributed by atoms with Crippen LogP contribution in [-0.2, 0) is 25.8 Å². The van der Waals surface area contributed by atoms with Gasteiger partial charge in [-0.05, 0) is 17.9 Å². The maximum atomic E-state index is 11.5. The molecule has 1 rings (SSSR count). The first-order valence-electron chi connectivity index (χ1n) is 6.19. The molecule has 1 N–H and O–H groups in total. The fourth-order valence-electron chi connectivity index (χ4n) is 1.59. The van der Waals surface area contributed by atoms with Gasteiger partial charge in [-0.25, -0.2) is 4.79 Å². The van der Waals surface area contributed by atoms with Crippen molar-refractivity contribution in [1.82, 2.24) is 5.48 Å². The van der Waals surface area contributed by atoms with Crippen molar-refractivity contribution in [2.24, 2.45) is 5.92 Å². The minimum atomic E-state index is -0.645. The van der Waals surface area contributed by atoms with Gasteiger partial charge in [0.25, 0.3) is 0 Å². The van der Waals surface area contributed by atoms with Gasteiger partial charge in [0.1, 0.15) is 6.04 Å². The lowest BCUT2D eigenvalue weighted by Gasteiger charge is -2.17. The van der Waals surface area contributed by atoms with E-state index in [-0.39, 0.29) is 12.4 Å². The molecular formula is C14H19NO4. The van der Waals surface area contributed by atoms with Gasteiger partial charge in [-0.15, -0.1) is 0 Å². The van der Waals surface area contributed by atoms with Gasteiger partial charge in [0.15, 0.2) is 0 Å². The maximum absolute atomic E-state index is 11.5. The lowest BCUT2D eigenvalue weighted by molar-refractivity contribution is -0.157. The van der Waals surface area contributed by atoms with E-state index in [1.54, 1.807) is 0 Å². The highest BCUT2D eigenvalue weighted by molar-refractivity contribution is 5.81. The molecule has 0 radical (unpaired) electrons. The van der Waals surface area contributed by atoms with Crippen molar-refractivity contribution in [2.75, 3.05) is 0 Å². The molecule has 0 amide bonds. The molecule has 5 nitrogen and oxygen atoms in total. The Morgan fingerprint density at radius 2 is 2.00 bits per heavy atom. The number of nitrogens with one attached hydrogen (secondary N) is 1. The smallest absolute Gasteiger partial charge is 0.332 e. The number of rotatable bonds is 8. The molecule has 0 heterocycles. The Hall–Kier alpha value is -1.72. The van der Waals surface area contributed by atoms with Crippen LogP contribution in [0.4, 0.5) is 0 Å². The molecule has 0 spiro atoms. The van der Waals surface area contributed by atoms with E-state index in [1.165, 1.54) is 0 Å². The number of carbonyl (C=O) groups is 2. The molecule has 0 aliphatic carbocycles. The molecule has 1 aromatic rings. The standard InChI is InChI=1S/C14H19NO4/c1-11(2)8-13(14(17)18-10-16)15-19-9-12-6-4-3-5-7-12/h3-7,10-11,13,15H,8-9H2,1-2H3/t13-/m0/s1. The highest BCUT2D eigenvalue weighted by atomic mass is 16.7. The van der Waals surface area contributed by atoms with Crippen LogP contribution in [0, 0.1) is 5.92 Å². The normalized spacial score (nSPS) is 12.2. The van der Waals surface area contributed by atoms with E-state index < -0.39 is 12.0 Å². The number of hydrogen-bond donors (Lipinski definition) is 1. The molecule has 0 aliphatic rings. The second-order valence-corrected chi connectivity index (χ2v) is 4.61. The summed E-state index contributed by atoms with van der Waals surface area (Å²) < 4.78 is 4.35. The van der Waals surface area contributed by atoms with Gasteiger partial charge in [0.2, 0.25) is 0 Å². The van der Waals surface area contributed by atoms with Gasteiger partial charge < -0.3 is 4.74 Å². The van der Waals surface area contributed by atoms with Crippen molar-refractivity contribution < 1.29 is 19.2 Å². The monoisotopic (exact) mass is 265 g/mol. The first kappa shape index (κ1) is 15.3. The van der Waals surface area contributed by atoms with Crippen LogP contribution in [0.15, 0.2) is 30.3 Å². The lowest BCUT2D eigenvalue weighted by atomic mass is 10.0. The number of carbonyl (C=O) groups excluding carboxylic acids is 2. The summed E-state index contributed by atoms with van der Waals surface area (Å²) in [5.41, 5.74) is 3.64. The molecule has 0 aromatic heterocycles. The molecule has 0 fully saturated rings. The van der Waals surface area contributed by atoms with E-state index >= 15 is 0 Å². The van der Waals surface area contributed by atoms with Crippen LogP contribution in [0.3, 0.4) is 0 Å². The summed E-state index contributed by atoms with van der Waals surface area (Å²) >= 11 is 0. The molecule has 104 valence electrons. The zero-order valence-electron chi connectivity index (χ0n) is 11.2. The van der Waals surface area contributed by atoms with E-state index in [9.17, 15) is 9.59 Å². The van der Waals surface area contributed by atoms with Crippen molar-refractivity contribution in [3.05, 3.63) is 35.9 Å². The maximum Gasteiger partial charge on any atom is 0.332 e. The number of esters is 1. The van der Waals surface area contributed by atoms with Crippen LogP contribution in [0.5, 0.6) is 0 Å². The first-order chi connectivity index (χ1) is 9.13. The van der Waals surface area contributed by atoms with Gasteiger partial charge in [-0.1, -0.05) is 44.2 Å². The number of ether oxygens (including phenoxy) is 1. The average Bonchev–Trinajstić information content (AvgIpc) is 2.38. The Morgan fingerprint density at radius 3 is 2.58 bits per heavy atom. The third kappa shape index (κ3) is 6.13.